The number of hydrogen-bond acceptors (Lipinski definition) is 2. The fourth-order valence-electron chi connectivity index (χ4n) is 4.07. The number of benzene rings is 1. The van der Waals surface area contributed by atoms with Crippen LogP contribution in [0.1, 0.15) is 62.8 Å². The first-order valence-corrected chi connectivity index (χ1v) is 8.82. The number of rotatable bonds is 2. The van der Waals surface area contributed by atoms with Crippen molar-refractivity contribution in [2.75, 3.05) is 13.1 Å². The quantitative estimate of drug-likeness (QED) is 0.909. The van der Waals surface area contributed by atoms with Crippen molar-refractivity contribution in [3.63, 3.8) is 0 Å². The van der Waals surface area contributed by atoms with Crippen LogP contribution < -0.4 is 5.73 Å². The van der Waals surface area contributed by atoms with E-state index in [9.17, 15) is 4.79 Å². The molecular weight excluding hydrogens is 272 g/mol. The smallest absolute Gasteiger partial charge is 0.242 e. The molecule has 1 aliphatic heterocycles. The van der Waals surface area contributed by atoms with Gasteiger partial charge in [0, 0.05) is 13.1 Å². The first-order chi connectivity index (χ1) is 10.7. The molecule has 0 aromatic heterocycles. The number of nitrogens with two attached hydrogens (primary N) is 1. The predicted molar refractivity (Wildman–Crippen MR) is 89.6 cm³/mol. The first-order valence-electron chi connectivity index (χ1n) is 8.82. The molecule has 1 saturated heterocycles. The molecule has 1 aromatic carbocycles. The van der Waals surface area contributed by atoms with Gasteiger partial charge in [-0.05, 0) is 43.6 Å². The highest BCUT2D eigenvalue weighted by atomic mass is 16.2. The van der Waals surface area contributed by atoms with Gasteiger partial charge in [-0.2, -0.15) is 0 Å². The van der Waals surface area contributed by atoms with Crippen LogP contribution in [0, 0.1) is 0 Å². The van der Waals surface area contributed by atoms with Crippen LogP contribution in [0.5, 0.6) is 0 Å². The summed E-state index contributed by atoms with van der Waals surface area (Å²) >= 11 is 0. The minimum Gasteiger partial charge on any atom is -0.341 e. The van der Waals surface area contributed by atoms with E-state index in [1.807, 2.05) is 4.90 Å². The lowest BCUT2D eigenvalue weighted by atomic mass is 9.81. The lowest BCUT2D eigenvalue weighted by Crippen LogP contribution is -2.56. The Morgan fingerprint density at radius 1 is 1.00 bits per heavy atom. The molecule has 1 saturated carbocycles. The van der Waals surface area contributed by atoms with Crippen LogP contribution in [0.3, 0.4) is 0 Å². The van der Waals surface area contributed by atoms with Crippen molar-refractivity contribution in [1.29, 1.82) is 0 Å². The molecule has 120 valence electrons. The number of carbonyl (C=O) groups is 1. The van der Waals surface area contributed by atoms with Crippen LogP contribution in [-0.2, 0) is 4.79 Å². The van der Waals surface area contributed by atoms with E-state index in [4.69, 9.17) is 5.73 Å². The van der Waals surface area contributed by atoms with Crippen molar-refractivity contribution in [3.8, 4) is 0 Å². The predicted octanol–water partition coefficient (Wildman–Crippen LogP) is 3.44. The summed E-state index contributed by atoms with van der Waals surface area (Å²) in [5, 5.41) is 0. The largest absolute Gasteiger partial charge is 0.341 e. The molecule has 1 heterocycles. The molecule has 2 aliphatic rings. The van der Waals surface area contributed by atoms with E-state index in [-0.39, 0.29) is 5.91 Å². The Morgan fingerprint density at radius 3 is 2.45 bits per heavy atom. The molecule has 2 N–H and O–H groups in total. The molecular formula is C19H28N2O. The number of likely N-dealkylation sites (tertiary alicyclic amines) is 1. The lowest BCUT2D eigenvalue weighted by Gasteiger charge is -2.36. The third-order valence-corrected chi connectivity index (χ3v) is 5.46. The summed E-state index contributed by atoms with van der Waals surface area (Å²) in [4.78, 5) is 14.9. The van der Waals surface area contributed by atoms with Crippen molar-refractivity contribution in [3.05, 3.63) is 35.9 Å². The van der Waals surface area contributed by atoms with E-state index >= 15 is 0 Å². The van der Waals surface area contributed by atoms with E-state index in [0.29, 0.717) is 5.92 Å². The summed E-state index contributed by atoms with van der Waals surface area (Å²) in [5.41, 5.74) is 7.27. The molecule has 0 spiro atoms. The van der Waals surface area contributed by atoms with Crippen LogP contribution in [0.4, 0.5) is 0 Å². The highest BCUT2D eigenvalue weighted by Crippen LogP contribution is 2.31. The molecule has 1 unspecified atom stereocenters. The van der Waals surface area contributed by atoms with Gasteiger partial charge in [-0.25, -0.2) is 0 Å². The van der Waals surface area contributed by atoms with Crippen molar-refractivity contribution < 1.29 is 4.79 Å². The van der Waals surface area contributed by atoms with Gasteiger partial charge in [0.25, 0.3) is 0 Å². The molecule has 3 rings (SSSR count). The van der Waals surface area contributed by atoms with E-state index in [1.165, 1.54) is 18.4 Å². The monoisotopic (exact) mass is 300 g/mol. The van der Waals surface area contributed by atoms with E-state index in [0.717, 1.165) is 51.6 Å². The minimum atomic E-state index is -0.579. The second-order valence-corrected chi connectivity index (χ2v) is 7.05. The topological polar surface area (TPSA) is 46.3 Å². The molecule has 22 heavy (non-hydrogen) atoms. The first kappa shape index (κ1) is 15.5. The van der Waals surface area contributed by atoms with Crippen LogP contribution in [0.15, 0.2) is 30.3 Å². The average molecular weight is 300 g/mol. The zero-order valence-electron chi connectivity index (χ0n) is 13.5. The van der Waals surface area contributed by atoms with E-state index in [2.05, 4.69) is 30.3 Å². The highest BCUT2D eigenvalue weighted by Gasteiger charge is 2.38. The van der Waals surface area contributed by atoms with Gasteiger partial charge < -0.3 is 10.6 Å². The third kappa shape index (κ3) is 3.35. The maximum atomic E-state index is 12.9. The molecule has 1 amide bonds. The highest BCUT2D eigenvalue weighted by molar-refractivity contribution is 5.86. The van der Waals surface area contributed by atoms with Gasteiger partial charge >= 0.3 is 0 Å². The SMILES string of the molecule is NC1(C(=O)N2CCCC(c3ccccc3)CC2)CCCCC1. The number of nitrogens with zero attached hydrogens (tertiary/aromatic N) is 1. The van der Waals surface area contributed by atoms with Crippen molar-refractivity contribution in [2.45, 2.75) is 62.8 Å². The Balaban J connectivity index is 1.64. The van der Waals surface area contributed by atoms with E-state index < -0.39 is 5.54 Å². The standard InChI is InChI=1S/C19H28N2O/c20-19(12-5-2-6-13-19)18(22)21-14-7-10-17(11-15-21)16-8-3-1-4-9-16/h1,3-4,8-9,17H,2,5-7,10-15,20H2. The molecule has 2 fully saturated rings. The fraction of sp³-hybridized carbons (Fsp3) is 0.632. The molecule has 1 aliphatic carbocycles. The summed E-state index contributed by atoms with van der Waals surface area (Å²) in [6, 6.07) is 10.7. The van der Waals surface area contributed by atoms with Crippen LogP contribution in [0.25, 0.3) is 0 Å². The average Bonchev–Trinajstić information content (AvgIpc) is 2.82. The second-order valence-electron chi connectivity index (χ2n) is 7.05. The maximum absolute atomic E-state index is 12.9. The zero-order valence-corrected chi connectivity index (χ0v) is 13.5. The van der Waals surface area contributed by atoms with Gasteiger partial charge in [0.15, 0.2) is 0 Å². The van der Waals surface area contributed by atoms with Crippen LogP contribution >= 0.6 is 0 Å². The normalized spacial score (nSPS) is 25.5. The maximum Gasteiger partial charge on any atom is 0.242 e. The van der Waals surface area contributed by atoms with Crippen LogP contribution in [-0.4, -0.2) is 29.4 Å². The summed E-state index contributed by atoms with van der Waals surface area (Å²) in [6.07, 6.45) is 8.47. The van der Waals surface area contributed by atoms with Crippen LogP contribution in [0.2, 0.25) is 0 Å². The fourth-order valence-corrected chi connectivity index (χ4v) is 4.07. The molecule has 0 radical (unpaired) electrons. The molecule has 3 heteroatoms. The lowest BCUT2D eigenvalue weighted by molar-refractivity contribution is -0.138. The van der Waals surface area contributed by atoms with E-state index in [1.54, 1.807) is 0 Å². The third-order valence-electron chi connectivity index (χ3n) is 5.46. The Bertz CT molecular complexity index is 493. The van der Waals surface area contributed by atoms with Crippen molar-refractivity contribution in [2.24, 2.45) is 5.73 Å². The van der Waals surface area contributed by atoms with Gasteiger partial charge in [-0.1, -0.05) is 49.6 Å². The zero-order chi connectivity index (χ0) is 15.4. The van der Waals surface area contributed by atoms with Gasteiger partial charge in [-0.15, -0.1) is 0 Å². The summed E-state index contributed by atoms with van der Waals surface area (Å²) in [6.45, 7) is 1.73. The van der Waals surface area contributed by atoms with Crippen molar-refractivity contribution in [1.82, 2.24) is 4.90 Å². The van der Waals surface area contributed by atoms with Crippen molar-refractivity contribution >= 4 is 5.91 Å². The van der Waals surface area contributed by atoms with Gasteiger partial charge in [0.05, 0.1) is 5.54 Å². The van der Waals surface area contributed by atoms with Gasteiger partial charge in [0.1, 0.15) is 0 Å². The second kappa shape index (κ2) is 6.82. The Hall–Kier alpha value is -1.35. The minimum absolute atomic E-state index is 0.209. The van der Waals surface area contributed by atoms with Gasteiger partial charge in [0.2, 0.25) is 5.91 Å². The summed E-state index contributed by atoms with van der Waals surface area (Å²) in [5.74, 6) is 0.792. The molecule has 1 atom stereocenters. The molecule has 0 bridgehead atoms. The number of amides is 1. The summed E-state index contributed by atoms with van der Waals surface area (Å²) in [7, 11) is 0. The van der Waals surface area contributed by atoms with Gasteiger partial charge in [-0.3, -0.25) is 4.79 Å². The Kier molecular flexibility index (Phi) is 4.82. The number of carbonyl (C=O) groups excluding carboxylic acids is 1. The molecule has 1 aromatic rings. The summed E-state index contributed by atoms with van der Waals surface area (Å²) < 4.78 is 0. The molecule has 3 nitrogen and oxygen atoms in total. The Morgan fingerprint density at radius 2 is 1.73 bits per heavy atom. The number of hydrogen-bond donors (Lipinski definition) is 1. The Labute approximate surface area is 133 Å².